The molecule has 0 spiro atoms. The van der Waals surface area contributed by atoms with E-state index in [2.05, 4.69) is 9.71 Å². The van der Waals surface area contributed by atoms with Crippen LogP contribution in [0, 0.1) is 0 Å². The number of methoxy groups -OCH3 is 1. The molecule has 1 heterocycles. The minimum Gasteiger partial charge on any atom is -0.468 e. The Hall–Kier alpha value is -1.15. The van der Waals surface area contributed by atoms with Gasteiger partial charge in [0.05, 0.1) is 18.1 Å². The van der Waals surface area contributed by atoms with E-state index in [0.29, 0.717) is 23.7 Å². The van der Waals surface area contributed by atoms with Gasteiger partial charge in [0, 0.05) is 5.38 Å². The summed E-state index contributed by atoms with van der Waals surface area (Å²) in [7, 11) is -2.04. The van der Waals surface area contributed by atoms with Gasteiger partial charge in [0.2, 0.25) is 10.0 Å². The van der Waals surface area contributed by atoms with Crippen molar-refractivity contribution in [3.8, 4) is 0 Å². The smallest absolute Gasteiger partial charge is 0.317 e. The van der Waals surface area contributed by atoms with Crippen LogP contribution in [0.15, 0.2) is 5.38 Å². The maximum absolute atomic E-state index is 12.0. The Morgan fingerprint density at radius 2 is 2.15 bits per heavy atom. The van der Waals surface area contributed by atoms with Gasteiger partial charge in [-0.15, -0.1) is 11.3 Å². The maximum Gasteiger partial charge on any atom is 0.317 e. The van der Waals surface area contributed by atoms with Crippen LogP contribution < -0.4 is 4.72 Å². The number of thiazole rings is 1. The molecular weight excluding hydrogens is 300 g/mol. The second kappa shape index (κ2) is 5.33. The van der Waals surface area contributed by atoms with E-state index in [1.165, 1.54) is 18.4 Å². The number of ether oxygens (including phenoxy) is 1. The number of rotatable bonds is 5. The number of hydrogen-bond donors (Lipinski definition) is 1. The number of sulfonamides is 1. The molecule has 0 atom stereocenters. The van der Waals surface area contributed by atoms with Gasteiger partial charge in [-0.1, -0.05) is 6.42 Å². The molecule has 0 aliphatic heterocycles. The normalized spacial score (nSPS) is 16.6. The zero-order valence-corrected chi connectivity index (χ0v) is 13.3. The van der Waals surface area contributed by atoms with E-state index in [4.69, 9.17) is 4.74 Å². The molecule has 6 nitrogen and oxygen atoms in total. The number of esters is 1. The first kappa shape index (κ1) is 15.2. The van der Waals surface area contributed by atoms with Crippen molar-refractivity contribution in [1.29, 1.82) is 0 Å². The largest absolute Gasteiger partial charge is 0.468 e. The predicted octanol–water partition coefficient (Wildman–Crippen LogP) is 1.89. The maximum atomic E-state index is 12.0. The van der Waals surface area contributed by atoms with Crippen LogP contribution in [-0.4, -0.2) is 31.7 Å². The van der Waals surface area contributed by atoms with Gasteiger partial charge in [0.15, 0.2) is 5.13 Å². The first-order valence-corrected chi connectivity index (χ1v) is 8.76. The van der Waals surface area contributed by atoms with Crippen LogP contribution in [0.2, 0.25) is 0 Å². The molecule has 1 fully saturated rings. The van der Waals surface area contributed by atoms with Crippen molar-refractivity contribution in [3.63, 3.8) is 0 Å². The first-order chi connectivity index (χ1) is 9.27. The topological polar surface area (TPSA) is 85.4 Å². The minimum absolute atomic E-state index is 0.295. The van der Waals surface area contributed by atoms with Crippen LogP contribution in [0.3, 0.4) is 0 Å². The number of carbonyl (C=O) groups excluding carboxylic acids is 1. The standard InChI is InChI=1S/C12H18N2O4S2/c1-12(2,10(15)18-3)9-7-19-11(13-9)14-20(16,17)8-5-4-6-8/h7-8H,4-6H2,1-3H3,(H,13,14). The summed E-state index contributed by atoms with van der Waals surface area (Å²) in [5.74, 6) is -0.406. The lowest BCUT2D eigenvalue weighted by Crippen LogP contribution is -2.33. The average molecular weight is 318 g/mol. The fraction of sp³-hybridized carbons (Fsp3) is 0.667. The molecule has 1 saturated carbocycles. The van der Waals surface area contributed by atoms with Crippen LogP contribution in [0.25, 0.3) is 0 Å². The number of aromatic nitrogens is 1. The summed E-state index contributed by atoms with van der Waals surface area (Å²) in [5.41, 5.74) is -0.397. The first-order valence-electron chi connectivity index (χ1n) is 6.33. The molecule has 0 radical (unpaired) electrons. The monoisotopic (exact) mass is 318 g/mol. The van der Waals surface area contributed by atoms with E-state index in [0.717, 1.165) is 6.42 Å². The SMILES string of the molecule is COC(=O)C(C)(C)c1csc(NS(=O)(=O)C2CCC2)n1. The summed E-state index contributed by atoms with van der Waals surface area (Å²) < 4.78 is 31.2. The predicted molar refractivity (Wildman–Crippen MR) is 77.3 cm³/mol. The van der Waals surface area contributed by atoms with Crippen molar-refractivity contribution in [2.24, 2.45) is 0 Å². The van der Waals surface area contributed by atoms with Gasteiger partial charge in [-0.25, -0.2) is 13.4 Å². The molecule has 20 heavy (non-hydrogen) atoms. The quantitative estimate of drug-likeness (QED) is 0.838. The molecular formula is C12H18N2O4S2. The van der Waals surface area contributed by atoms with Crippen LogP contribution in [0.4, 0.5) is 5.13 Å². The van der Waals surface area contributed by atoms with E-state index in [1.807, 2.05) is 0 Å². The lowest BCUT2D eigenvalue weighted by atomic mass is 9.90. The van der Waals surface area contributed by atoms with Gasteiger partial charge < -0.3 is 4.74 Å². The molecule has 1 N–H and O–H groups in total. The Balaban J connectivity index is 2.15. The van der Waals surface area contributed by atoms with Crippen molar-refractivity contribution in [1.82, 2.24) is 4.98 Å². The van der Waals surface area contributed by atoms with Crippen molar-refractivity contribution in [2.75, 3.05) is 11.8 Å². The Morgan fingerprint density at radius 3 is 2.65 bits per heavy atom. The Labute approximate surface area is 122 Å². The molecule has 0 bridgehead atoms. The highest BCUT2D eigenvalue weighted by Crippen LogP contribution is 2.31. The second-order valence-electron chi connectivity index (χ2n) is 5.35. The molecule has 0 saturated heterocycles. The lowest BCUT2D eigenvalue weighted by molar-refractivity contribution is -0.146. The summed E-state index contributed by atoms with van der Waals surface area (Å²) in [4.78, 5) is 15.9. The van der Waals surface area contributed by atoms with Gasteiger partial charge in [-0.3, -0.25) is 9.52 Å². The number of anilines is 1. The van der Waals surface area contributed by atoms with E-state index in [-0.39, 0.29) is 5.25 Å². The molecule has 0 amide bonds. The summed E-state index contributed by atoms with van der Waals surface area (Å²) in [5, 5.41) is 1.66. The highest BCUT2D eigenvalue weighted by molar-refractivity contribution is 7.93. The summed E-state index contributed by atoms with van der Waals surface area (Å²) in [6.45, 7) is 3.39. The molecule has 8 heteroatoms. The van der Waals surface area contributed by atoms with Gasteiger partial charge >= 0.3 is 5.97 Å². The van der Waals surface area contributed by atoms with E-state index in [1.54, 1.807) is 19.2 Å². The van der Waals surface area contributed by atoms with E-state index in [9.17, 15) is 13.2 Å². The molecule has 112 valence electrons. The van der Waals surface area contributed by atoms with Gasteiger partial charge in [0.1, 0.15) is 5.41 Å². The van der Waals surface area contributed by atoms with Crippen LogP contribution in [0.1, 0.15) is 38.8 Å². The van der Waals surface area contributed by atoms with Crippen molar-refractivity contribution >= 4 is 32.5 Å². The number of hydrogen-bond acceptors (Lipinski definition) is 6. The Bertz CT molecular complexity index is 603. The molecule has 1 aromatic heterocycles. The van der Waals surface area contributed by atoms with Crippen molar-refractivity contribution < 1.29 is 17.9 Å². The van der Waals surface area contributed by atoms with Crippen LogP contribution >= 0.6 is 11.3 Å². The second-order valence-corrected chi connectivity index (χ2v) is 8.17. The lowest BCUT2D eigenvalue weighted by Gasteiger charge is -2.24. The summed E-state index contributed by atoms with van der Waals surface area (Å²) >= 11 is 1.17. The summed E-state index contributed by atoms with van der Waals surface area (Å²) in [6, 6.07) is 0. The van der Waals surface area contributed by atoms with E-state index < -0.39 is 21.4 Å². The Kier molecular flexibility index (Phi) is 4.06. The molecule has 2 rings (SSSR count). The van der Waals surface area contributed by atoms with Crippen LogP contribution in [0.5, 0.6) is 0 Å². The Morgan fingerprint density at radius 1 is 1.50 bits per heavy atom. The number of nitrogens with one attached hydrogen (secondary N) is 1. The molecule has 0 aromatic carbocycles. The average Bonchev–Trinajstić information content (AvgIpc) is 2.72. The summed E-state index contributed by atoms with van der Waals surface area (Å²) in [6.07, 6.45) is 2.34. The third-order valence-corrected chi connectivity index (χ3v) is 6.27. The van der Waals surface area contributed by atoms with Crippen molar-refractivity contribution in [2.45, 2.75) is 43.8 Å². The highest BCUT2D eigenvalue weighted by Gasteiger charge is 2.35. The van der Waals surface area contributed by atoms with Crippen molar-refractivity contribution in [3.05, 3.63) is 11.1 Å². The van der Waals surface area contributed by atoms with E-state index >= 15 is 0 Å². The minimum atomic E-state index is -3.35. The van der Waals surface area contributed by atoms with Gasteiger partial charge in [-0.2, -0.15) is 0 Å². The third kappa shape index (κ3) is 2.80. The third-order valence-electron chi connectivity index (χ3n) is 3.56. The molecule has 1 aromatic rings. The fourth-order valence-electron chi connectivity index (χ4n) is 1.85. The highest BCUT2D eigenvalue weighted by atomic mass is 32.2. The number of carbonyl (C=O) groups is 1. The molecule has 0 unspecified atom stereocenters. The number of nitrogens with zero attached hydrogens (tertiary/aromatic N) is 1. The fourth-order valence-corrected chi connectivity index (χ4v) is 4.53. The van der Waals surface area contributed by atoms with Crippen LogP contribution in [-0.2, 0) is 25.0 Å². The molecule has 1 aliphatic rings. The van der Waals surface area contributed by atoms with Gasteiger partial charge in [0.25, 0.3) is 0 Å². The zero-order chi connectivity index (χ0) is 15.0. The van der Waals surface area contributed by atoms with Gasteiger partial charge in [-0.05, 0) is 26.7 Å². The zero-order valence-electron chi connectivity index (χ0n) is 11.7. The molecule has 1 aliphatic carbocycles.